The number of rotatable bonds is 3. The number of ether oxygens (including phenoxy) is 2. The van der Waals surface area contributed by atoms with Crippen LogP contribution in [0.1, 0.15) is 16.1 Å². The number of nitrogens with zero attached hydrogens (tertiary/aromatic N) is 2. The number of methoxy groups -OCH3 is 2. The summed E-state index contributed by atoms with van der Waals surface area (Å²) in [6.45, 7) is 0. The van der Waals surface area contributed by atoms with E-state index in [1.165, 1.54) is 18.8 Å². The fourth-order valence-electron chi connectivity index (χ4n) is 2.96. The predicted molar refractivity (Wildman–Crippen MR) is 97.2 cm³/mol. The number of hydrogen-bond acceptors (Lipinski definition) is 5. The van der Waals surface area contributed by atoms with Gasteiger partial charge in [0.1, 0.15) is 17.5 Å². The highest BCUT2D eigenvalue weighted by Gasteiger charge is 2.18. The van der Waals surface area contributed by atoms with Crippen LogP contribution in [-0.2, 0) is 11.8 Å². The number of benzene rings is 2. The largest absolute Gasteiger partial charge is 0.497 e. The second-order valence-electron chi connectivity index (χ2n) is 5.68. The van der Waals surface area contributed by atoms with E-state index in [-0.39, 0.29) is 11.3 Å². The van der Waals surface area contributed by atoms with Crippen molar-refractivity contribution in [3.05, 3.63) is 64.1 Å². The molecule has 0 aliphatic carbocycles. The molecule has 0 saturated heterocycles. The fourth-order valence-corrected chi connectivity index (χ4v) is 2.96. The molecule has 2 aromatic carbocycles. The monoisotopic (exact) mass is 348 g/mol. The van der Waals surface area contributed by atoms with Crippen molar-refractivity contribution in [3.63, 3.8) is 0 Å². The minimum absolute atomic E-state index is 0.206. The minimum Gasteiger partial charge on any atom is -0.497 e. The van der Waals surface area contributed by atoms with Gasteiger partial charge in [-0.15, -0.1) is 0 Å². The molecular formula is C20H16N2O4. The predicted octanol–water partition coefficient (Wildman–Crippen LogP) is 2.87. The van der Waals surface area contributed by atoms with Crippen LogP contribution in [0.4, 0.5) is 0 Å². The van der Waals surface area contributed by atoms with Crippen molar-refractivity contribution >= 4 is 16.7 Å². The molecule has 0 radical (unpaired) electrons. The first-order chi connectivity index (χ1) is 12.5. The Morgan fingerprint density at radius 1 is 1.12 bits per heavy atom. The van der Waals surface area contributed by atoms with Crippen molar-refractivity contribution in [3.8, 4) is 22.9 Å². The van der Waals surface area contributed by atoms with Crippen molar-refractivity contribution in [2.75, 3.05) is 14.2 Å². The quantitative estimate of drug-likeness (QED) is 0.680. The molecule has 0 aliphatic rings. The zero-order valence-electron chi connectivity index (χ0n) is 14.6. The van der Waals surface area contributed by atoms with Gasteiger partial charge < -0.3 is 14.0 Å². The van der Waals surface area contributed by atoms with Crippen LogP contribution >= 0.6 is 0 Å². The molecule has 0 fully saturated rings. The number of fused-ring (bicyclic) bond motifs is 1. The van der Waals surface area contributed by atoms with Crippen LogP contribution in [0, 0.1) is 11.3 Å². The molecule has 0 atom stereocenters. The lowest BCUT2D eigenvalue weighted by molar-refractivity contribution is 0.0601. The average Bonchev–Trinajstić information content (AvgIpc) is 2.69. The van der Waals surface area contributed by atoms with Gasteiger partial charge in [0.25, 0.3) is 5.56 Å². The molecule has 3 aromatic rings. The Hall–Kier alpha value is -3.59. The zero-order chi connectivity index (χ0) is 18.8. The second kappa shape index (κ2) is 6.73. The third-order valence-corrected chi connectivity index (χ3v) is 4.28. The lowest BCUT2D eigenvalue weighted by Gasteiger charge is -2.14. The maximum atomic E-state index is 12.6. The lowest BCUT2D eigenvalue weighted by Crippen LogP contribution is -2.20. The molecule has 1 aromatic heterocycles. The number of carbonyl (C=O) groups is 1. The Kier molecular flexibility index (Phi) is 4.46. The summed E-state index contributed by atoms with van der Waals surface area (Å²) in [4.78, 5) is 24.5. The van der Waals surface area contributed by atoms with Crippen LogP contribution in [0.15, 0.2) is 47.3 Å². The number of esters is 1. The molecule has 6 heteroatoms. The van der Waals surface area contributed by atoms with Crippen molar-refractivity contribution in [2.24, 2.45) is 7.05 Å². The van der Waals surface area contributed by atoms with E-state index >= 15 is 0 Å². The van der Waals surface area contributed by atoms with Gasteiger partial charge in [0.15, 0.2) is 0 Å². The summed E-state index contributed by atoms with van der Waals surface area (Å²) in [6, 6.07) is 14.0. The minimum atomic E-state index is -0.475. The Morgan fingerprint density at radius 3 is 2.54 bits per heavy atom. The first kappa shape index (κ1) is 17.2. The van der Waals surface area contributed by atoms with Gasteiger partial charge in [-0.05, 0) is 35.9 Å². The highest BCUT2D eigenvalue weighted by Crippen LogP contribution is 2.32. The molecule has 1 heterocycles. The first-order valence-corrected chi connectivity index (χ1v) is 7.81. The lowest BCUT2D eigenvalue weighted by atomic mass is 9.95. The van der Waals surface area contributed by atoms with E-state index in [9.17, 15) is 14.9 Å². The SMILES string of the molecule is COC(=O)c1cccc(-c2c(C#N)n(C)c(=O)c3ccc(OC)cc23)c1. The summed E-state index contributed by atoms with van der Waals surface area (Å²) in [6.07, 6.45) is 0. The Labute approximate surface area is 149 Å². The molecule has 0 spiro atoms. The summed E-state index contributed by atoms with van der Waals surface area (Å²) in [7, 11) is 4.39. The topological polar surface area (TPSA) is 81.3 Å². The number of aromatic nitrogens is 1. The Balaban J connectivity index is 2.45. The van der Waals surface area contributed by atoms with Crippen LogP contribution in [0.25, 0.3) is 21.9 Å². The van der Waals surface area contributed by atoms with Crippen LogP contribution in [0.2, 0.25) is 0 Å². The molecule has 0 saturated carbocycles. The summed E-state index contributed by atoms with van der Waals surface area (Å²) < 4.78 is 11.4. The maximum absolute atomic E-state index is 12.6. The third-order valence-electron chi connectivity index (χ3n) is 4.28. The fraction of sp³-hybridized carbons (Fsp3) is 0.150. The van der Waals surface area contributed by atoms with E-state index in [2.05, 4.69) is 6.07 Å². The Bertz CT molecular complexity index is 1120. The van der Waals surface area contributed by atoms with Gasteiger partial charge in [-0.25, -0.2) is 4.79 Å². The van der Waals surface area contributed by atoms with Crippen LogP contribution in [0.3, 0.4) is 0 Å². The van der Waals surface area contributed by atoms with E-state index in [0.29, 0.717) is 33.2 Å². The summed E-state index contributed by atoms with van der Waals surface area (Å²) in [5.74, 6) is 0.0945. The molecule has 26 heavy (non-hydrogen) atoms. The van der Waals surface area contributed by atoms with Crippen molar-refractivity contribution in [1.82, 2.24) is 4.57 Å². The van der Waals surface area contributed by atoms with Crippen molar-refractivity contribution < 1.29 is 14.3 Å². The van der Waals surface area contributed by atoms with Gasteiger partial charge in [0.05, 0.1) is 19.8 Å². The molecule has 0 aliphatic heterocycles. The van der Waals surface area contributed by atoms with Crippen LogP contribution in [0.5, 0.6) is 5.75 Å². The van der Waals surface area contributed by atoms with Gasteiger partial charge in [-0.1, -0.05) is 12.1 Å². The zero-order valence-corrected chi connectivity index (χ0v) is 14.6. The molecule has 0 N–H and O–H groups in total. The Morgan fingerprint density at radius 2 is 1.88 bits per heavy atom. The molecule has 3 rings (SSSR count). The van der Waals surface area contributed by atoms with Gasteiger partial charge >= 0.3 is 5.97 Å². The maximum Gasteiger partial charge on any atom is 0.337 e. The van der Waals surface area contributed by atoms with Gasteiger partial charge in [0.2, 0.25) is 0 Å². The highest BCUT2D eigenvalue weighted by atomic mass is 16.5. The van der Waals surface area contributed by atoms with Gasteiger partial charge in [0, 0.05) is 23.4 Å². The second-order valence-corrected chi connectivity index (χ2v) is 5.68. The average molecular weight is 348 g/mol. The summed E-state index contributed by atoms with van der Waals surface area (Å²) in [5, 5.41) is 10.7. The van der Waals surface area contributed by atoms with E-state index < -0.39 is 5.97 Å². The van der Waals surface area contributed by atoms with Crippen molar-refractivity contribution in [1.29, 1.82) is 5.26 Å². The van der Waals surface area contributed by atoms with Crippen molar-refractivity contribution in [2.45, 2.75) is 0 Å². The molecular weight excluding hydrogens is 332 g/mol. The summed E-state index contributed by atoms with van der Waals surface area (Å²) >= 11 is 0. The summed E-state index contributed by atoms with van der Waals surface area (Å²) in [5.41, 5.74) is 1.50. The smallest absolute Gasteiger partial charge is 0.337 e. The van der Waals surface area contributed by atoms with Crippen LogP contribution in [-0.4, -0.2) is 24.8 Å². The molecule has 6 nitrogen and oxygen atoms in total. The number of pyridine rings is 1. The number of hydrogen-bond donors (Lipinski definition) is 0. The molecule has 0 amide bonds. The van der Waals surface area contributed by atoms with Crippen LogP contribution < -0.4 is 10.3 Å². The molecule has 0 bridgehead atoms. The molecule has 0 unspecified atom stereocenters. The highest BCUT2D eigenvalue weighted by molar-refractivity contribution is 6.00. The number of carbonyl (C=O) groups excluding carboxylic acids is 1. The molecule has 130 valence electrons. The van der Waals surface area contributed by atoms with E-state index in [1.807, 2.05) is 0 Å². The van der Waals surface area contributed by atoms with E-state index in [4.69, 9.17) is 9.47 Å². The number of nitriles is 1. The van der Waals surface area contributed by atoms with E-state index in [1.54, 1.807) is 49.5 Å². The normalized spacial score (nSPS) is 10.4. The van der Waals surface area contributed by atoms with E-state index in [0.717, 1.165) is 0 Å². The standard InChI is InChI=1S/C20H16N2O4/c1-22-17(11-21)18(12-5-4-6-13(9-12)20(24)26-3)16-10-14(25-2)7-8-15(16)19(22)23/h4-10H,1-3H3. The van der Waals surface area contributed by atoms with Gasteiger partial charge in [-0.3, -0.25) is 4.79 Å². The first-order valence-electron chi connectivity index (χ1n) is 7.81. The van der Waals surface area contributed by atoms with Gasteiger partial charge in [-0.2, -0.15) is 5.26 Å². The third kappa shape index (κ3) is 2.70.